The van der Waals surface area contributed by atoms with E-state index in [0.29, 0.717) is 32.7 Å². The molecule has 0 saturated carbocycles. The highest BCUT2D eigenvalue weighted by molar-refractivity contribution is 5.75. The van der Waals surface area contributed by atoms with E-state index < -0.39 is 0 Å². The third kappa shape index (κ3) is 6.54. The topological polar surface area (TPSA) is 55.6 Å². The summed E-state index contributed by atoms with van der Waals surface area (Å²) < 4.78 is 5.13. The van der Waals surface area contributed by atoms with Crippen molar-refractivity contribution in [1.82, 2.24) is 4.90 Å². The normalized spacial score (nSPS) is 10.1. The first kappa shape index (κ1) is 12.4. The van der Waals surface area contributed by atoms with E-state index in [4.69, 9.17) is 10.5 Å². The number of hydrogen-bond acceptors (Lipinski definition) is 3. The average molecular weight is 188 g/mol. The van der Waals surface area contributed by atoms with Crippen molar-refractivity contribution >= 4 is 5.91 Å². The monoisotopic (exact) mass is 188 g/mol. The molecule has 1 amide bonds. The largest absolute Gasteiger partial charge is 0.382 e. The highest BCUT2D eigenvalue weighted by atomic mass is 16.5. The van der Waals surface area contributed by atoms with Crippen molar-refractivity contribution in [3.8, 4) is 0 Å². The summed E-state index contributed by atoms with van der Waals surface area (Å²) in [4.78, 5) is 13.0. The summed E-state index contributed by atoms with van der Waals surface area (Å²) in [6.07, 6.45) is 1.35. The molecule has 0 aliphatic rings. The fraction of sp³-hybridized carbons (Fsp3) is 0.889. The van der Waals surface area contributed by atoms with Crippen LogP contribution < -0.4 is 5.73 Å². The van der Waals surface area contributed by atoms with Gasteiger partial charge >= 0.3 is 0 Å². The zero-order chi connectivity index (χ0) is 10.1. The van der Waals surface area contributed by atoms with Crippen molar-refractivity contribution in [1.29, 1.82) is 0 Å². The summed E-state index contributed by atoms with van der Waals surface area (Å²) in [5.74, 6) is 0.144. The molecule has 4 heteroatoms. The van der Waals surface area contributed by atoms with Crippen LogP contribution >= 0.6 is 0 Å². The van der Waals surface area contributed by atoms with Gasteiger partial charge in [-0.15, -0.1) is 0 Å². The SMILES string of the molecule is CCOCCCC(=O)N(C)CCN. The number of amides is 1. The number of carbonyl (C=O) groups is 1. The lowest BCUT2D eigenvalue weighted by molar-refractivity contribution is -0.130. The van der Waals surface area contributed by atoms with Crippen LogP contribution in [0.15, 0.2) is 0 Å². The Hall–Kier alpha value is -0.610. The van der Waals surface area contributed by atoms with E-state index >= 15 is 0 Å². The highest BCUT2D eigenvalue weighted by Crippen LogP contribution is 1.95. The number of hydrogen-bond donors (Lipinski definition) is 1. The lowest BCUT2D eigenvalue weighted by Gasteiger charge is -2.15. The molecule has 0 aromatic carbocycles. The first-order valence-corrected chi connectivity index (χ1v) is 4.74. The van der Waals surface area contributed by atoms with Gasteiger partial charge in [0, 0.05) is 39.8 Å². The molecular weight excluding hydrogens is 168 g/mol. The minimum Gasteiger partial charge on any atom is -0.382 e. The maximum atomic E-state index is 11.3. The third-order valence-electron chi connectivity index (χ3n) is 1.77. The molecule has 0 unspecified atom stereocenters. The highest BCUT2D eigenvalue weighted by Gasteiger charge is 2.06. The van der Waals surface area contributed by atoms with E-state index in [0.717, 1.165) is 6.42 Å². The predicted molar refractivity (Wildman–Crippen MR) is 52.4 cm³/mol. The van der Waals surface area contributed by atoms with E-state index in [-0.39, 0.29) is 5.91 Å². The van der Waals surface area contributed by atoms with E-state index in [2.05, 4.69) is 0 Å². The number of rotatable bonds is 7. The molecule has 0 aromatic heterocycles. The molecular formula is C9H20N2O2. The van der Waals surface area contributed by atoms with Crippen LogP contribution in [-0.2, 0) is 9.53 Å². The van der Waals surface area contributed by atoms with Crippen molar-refractivity contribution in [2.24, 2.45) is 5.73 Å². The van der Waals surface area contributed by atoms with E-state index in [1.54, 1.807) is 11.9 Å². The van der Waals surface area contributed by atoms with Crippen LogP contribution in [0.1, 0.15) is 19.8 Å². The zero-order valence-corrected chi connectivity index (χ0v) is 8.58. The van der Waals surface area contributed by atoms with Crippen molar-refractivity contribution in [3.05, 3.63) is 0 Å². The van der Waals surface area contributed by atoms with Gasteiger partial charge in [-0.1, -0.05) is 0 Å². The third-order valence-corrected chi connectivity index (χ3v) is 1.77. The molecule has 0 heterocycles. The van der Waals surface area contributed by atoms with Gasteiger partial charge in [-0.25, -0.2) is 0 Å². The van der Waals surface area contributed by atoms with Crippen LogP contribution in [0.3, 0.4) is 0 Å². The van der Waals surface area contributed by atoms with Crippen molar-refractivity contribution in [2.75, 3.05) is 33.4 Å². The lowest BCUT2D eigenvalue weighted by atomic mass is 10.3. The fourth-order valence-corrected chi connectivity index (χ4v) is 0.979. The van der Waals surface area contributed by atoms with Gasteiger partial charge in [0.15, 0.2) is 0 Å². The van der Waals surface area contributed by atoms with Crippen LogP contribution in [-0.4, -0.2) is 44.2 Å². The van der Waals surface area contributed by atoms with E-state index in [1.165, 1.54) is 0 Å². The summed E-state index contributed by atoms with van der Waals surface area (Å²) in [5.41, 5.74) is 5.33. The molecule has 0 atom stereocenters. The molecule has 4 nitrogen and oxygen atoms in total. The molecule has 13 heavy (non-hydrogen) atoms. The van der Waals surface area contributed by atoms with Gasteiger partial charge < -0.3 is 15.4 Å². The fourth-order valence-electron chi connectivity index (χ4n) is 0.979. The van der Waals surface area contributed by atoms with Gasteiger partial charge in [-0.2, -0.15) is 0 Å². The summed E-state index contributed by atoms with van der Waals surface area (Å²) in [7, 11) is 1.77. The van der Waals surface area contributed by atoms with Crippen molar-refractivity contribution in [3.63, 3.8) is 0 Å². The summed E-state index contributed by atoms with van der Waals surface area (Å²) in [6.45, 7) is 4.48. The summed E-state index contributed by atoms with van der Waals surface area (Å²) in [5, 5.41) is 0. The molecule has 0 aromatic rings. The van der Waals surface area contributed by atoms with Crippen LogP contribution in [0.2, 0.25) is 0 Å². The first-order chi connectivity index (χ1) is 6.22. The number of carbonyl (C=O) groups excluding carboxylic acids is 1. The second-order valence-corrected chi connectivity index (χ2v) is 2.90. The Kier molecular flexibility index (Phi) is 7.63. The van der Waals surface area contributed by atoms with Crippen molar-refractivity contribution < 1.29 is 9.53 Å². The maximum absolute atomic E-state index is 11.3. The zero-order valence-electron chi connectivity index (χ0n) is 8.58. The van der Waals surface area contributed by atoms with Crippen LogP contribution in [0, 0.1) is 0 Å². The number of nitrogens with two attached hydrogens (primary N) is 1. The number of likely N-dealkylation sites (N-methyl/N-ethyl adjacent to an activating group) is 1. The quantitative estimate of drug-likeness (QED) is 0.581. The Morgan fingerprint density at radius 3 is 2.77 bits per heavy atom. The molecule has 0 bridgehead atoms. The minimum atomic E-state index is 0.144. The molecule has 0 fully saturated rings. The molecule has 0 radical (unpaired) electrons. The Labute approximate surface area is 80.0 Å². The molecule has 0 aliphatic carbocycles. The van der Waals surface area contributed by atoms with Crippen LogP contribution in [0.4, 0.5) is 0 Å². The molecule has 0 saturated heterocycles. The number of nitrogens with zero attached hydrogens (tertiary/aromatic N) is 1. The first-order valence-electron chi connectivity index (χ1n) is 4.74. The standard InChI is InChI=1S/C9H20N2O2/c1-3-13-8-4-5-9(12)11(2)7-6-10/h3-8,10H2,1-2H3. The smallest absolute Gasteiger partial charge is 0.222 e. The molecule has 78 valence electrons. The van der Waals surface area contributed by atoms with Gasteiger partial charge in [-0.05, 0) is 13.3 Å². The predicted octanol–water partition coefficient (Wildman–Crippen LogP) is 0.220. The van der Waals surface area contributed by atoms with Crippen LogP contribution in [0.5, 0.6) is 0 Å². The molecule has 0 spiro atoms. The maximum Gasteiger partial charge on any atom is 0.222 e. The number of ether oxygens (including phenoxy) is 1. The van der Waals surface area contributed by atoms with Gasteiger partial charge in [0.25, 0.3) is 0 Å². The molecule has 2 N–H and O–H groups in total. The van der Waals surface area contributed by atoms with E-state index in [1.807, 2.05) is 6.92 Å². The van der Waals surface area contributed by atoms with Crippen molar-refractivity contribution in [2.45, 2.75) is 19.8 Å². The van der Waals surface area contributed by atoms with E-state index in [9.17, 15) is 4.79 Å². The van der Waals surface area contributed by atoms with Gasteiger partial charge in [0.05, 0.1) is 0 Å². The van der Waals surface area contributed by atoms with Gasteiger partial charge in [0.1, 0.15) is 0 Å². The Balaban J connectivity index is 3.38. The Morgan fingerprint density at radius 1 is 1.54 bits per heavy atom. The van der Waals surface area contributed by atoms with Gasteiger partial charge in [0.2, 0.25) is 5.91 Å². The Bertz CT molecular complexity index is 140. The van der Waals surface area contributed by atoms with Crippen LogP contribution in [0.25, 0.3) is 0 Å². The lowest BCUT2D eigenvalue weighted by Crippen LogP contribution is -2.31. The summed E-state index contributed by atoms with van der Waals surface area (Å²) >= 11 is 0. The molecule has 0 aliphatic heterocycles. The second-order valence-electron chi connectivity index (χ2n) is 2.90. The Morgan fingerprint density at radius 2 is 2.23 bits per heavy atom. The summed E-state index contributed by atoms with van der Waals surface area (Å²) in [6, 6.07) is 0. The molecule has 0 rings (SSSR count). The second kappa shape index (κ2) is 8.01. The minimum absolute atomic E-state index is 0.144. The average Bonchev–Trinajstić information content (AvgIpc) is 2.12. The van der Waals surface area contributed by atoms with Gasteiger partial charge in [-0.3, -0.25) is 4.79 Å².